The molecule has 2 aromatic rings. The van der Waals surface area contributed by atoms with Crippen molar-refractivity contribution in [1.82, 2.24) is 14.9 Å². The number of hydrogen-bond acceptors (Lipinski definition) is 9. The molecule has 3 aliphatic rings. The predicted octanol–water partition coefficient (Wildman–Crippen LogP) is 3.45. The summed E-state index contributed by atoms with van der Waals surface area (Å²) in [6.07, 6.45) is -0.341. The van der Waals surface area contributed by atoms with E-state index in [4.69, 9.17) is 19.4 Å². The van der Waals surface area contributed by atoms with E-state index >= 15 is 4.39 Å². The van der Waals surface area contributed by atoms with E-state index in [0.29, 0.717) is 70.1 Å². The minimum Gasteiger partial charge on any atom is -0.444 e. The van der Waals surface area contributed by atoms with Crippen molar-refractivity contribution in [2.75, 3.05) is 98.3 Å². The number of piperazine rings is 2. The summed E-state index contributed by atoms with van der Waals surface area (Å²) in [5.41, 5.74) is 3.29. The van der Waals surface area contributed by atoms with Crippen molar-refractivity contribution in [3.8, 4) is 0 Å². The highest BCUT2D eigenvalue weighted by molar-refractivity contribution is 5.69. The van der Waals surface area contributed by atoms with E-state index in [1.54, 1.807) is 4.90 Å². The van der Waals surface area contributed by atoms with Crippen LogP contribution in [-0.2, 0) is 9.47 Å². The third kappa shape index (κ3) is 6.19. The Kier molecular flexibility index (Phi) is 8.21. The fourth-order valence-electron chi connectivity index (χ4n) is 5.40. The Morgan fingerprint density at radius 1 is 0.825 bits per heavy atom. The maximum atomic E-state index is 16.1. The molecule has 5 rings (SSSR count). The van der Waals surface area contributed by atoms with Crippen molar-refractivity contribution >= 4 is 29.4 Å². The lowest BCUT2D eigenvalue weighted by atomic mass is 10.1. The van der Waals surface area contributed by atoms with Gasteiger partial charge in [-0.3, -0.25) is 0 Å². The molecule has 10 nitrogen and oxygen atoms in total. The summed E-state index contributed by atoms with van der Waals surface area (Å²) >= 11 is 0. The minimum atomic E-state index is -0.559. The average Bonchev–Trinajstić information content (AvgIpc) is 2.94. The van der Waals surface area contributed by atoms with Crippen molar-refractivity contribution in [2.24, 2.45) is 0 Å². The van der Waals surface area contributed by atoms with E-state index in [-0.39, 0.29) is 6.09 Å². The largest absolute Gasteiger partial charge is 0.444 e. The highest BCUT2D eigenvalue weighted by Crippen LogP contribution is 2.31. The number of carbonyl (C=O) groups excluding carboxylic acids is 1. The van der Waals surface area contributed by atoms with E-state index in [1.165, 1.54) is 16.8 Å². The van der Waals surface area contributed by atoms with Gasteiger partial charge in [-0.2, -0.15) is 14.4 Å². The summed E-state index contributed by atoms with van der Waals surface area (Å²) < 4.78 is 27.1. The number of ether oxygens (including phenoxy) is 2. The van der Waals surface area contributed by atoms with Gasteiger partial charge in [0, 0.05) is 71.1 Å². The molecule has 1 amide bonds. The number of anilines is 4. The number of aromatic nitrogens is 2. The van der Waals surface area contributed by atoms with Crippen molar-refractivity contribution < 1.29 is 18.7 Å². The standard InChI is InChI=1S/C29H42FN7O3/c1-21-7-6-8-23(22(21)2)33-9-13-36(14-10-33)27-31-25(24(30)26(32-27)35-17-19-39-20-18-35)34-11-15-37(16-12-34)28(38)40-29(3,4)5/h6-8H,9-20H2,1-5H3. The molecule has 0 unspecified atom stereocenters. The predicted molar refractivity (Wildman–Crippen MR) is 155 cm³/mol. The summed E-state index contributed by atoms with van der Waals surface area (Å²) in [6, 6.07) is 6.43. The van der Waals surface area contributed by atoms with E-state index in [9.17, 15) is 4.79 Å². The average molecular weight is 556 g/mol. The van der Waals surface area contributed by atoms with Crippen LogP contribution in [-0.4, -0.2) is 105 Å². The molecule has 0 radical (unpaired) electrons. The second kappa shape index (κ2) is 11.6. The van der Waals surface area contributed by atoms with Crippen LogP contribution in [0.15, 0.2) is 18.2 Å². The molecule has 1 aromatic heterocycles. The Morgan fingerprint density at radius 3 is 1.98 bits per heavy atom. The minimum absolute atomic E-state index is 0.298. The molecule has 0 aliphatic carbocycles. The maximum Gasteiger partial charge on any atom is 0.410 e. The highest BCUT2D eigenvalue weighted by atomic mass is 19.1. The van der Waals surface area contributed by atoms with Crippen LogP contribution in [0.3, 0.4) is 0 Å². The third-order valence-corrected chi connectivity index (χ3v) is 7.83. The van der Waals surface area contributed by atoms with Crippen LogP contribution in [0.2, 0.25) is 0 Å². The molecule has 40 heavy (non-hydrogen) atoms. The second-order valence-electron chi connectivity index (χ2n) is 11.7. The number of hydrogen-bond donors (Lipinski definition) is 0. The van der Waals surface area contributed by atoms with Gasteiger partial charge in [-0.25, -0.2) is 4.79 Å². The Hall–Kier alpha value is -3.34. The molecular weight excluding hydrogens is 513 g/mol. The van der Waals surface area contributed by atoms with Crippen molar-refractivity contribution in [2.45, 2.75) is 40.2 Å². The molecule has 0 N–H and O–H groups in total. The van der Waals surface area contributed by atoms with Gasteiger partial charge in [-0.1, -0.05) is 12.1 Å². The second-order valence-corrected chi connectivity index (χ2v) is 11.7. The molecular formula is C29H42FN7O3. The molecule has 3 fully saturated rings. The summed E-state index contributed by atoms with van der Waals surface area (Å²) in [5.74, 6) is 0.764. The van der Waals surface area contributed by atoms with Gasteiger partial charge in [-0.15, -0.1) is 0 Å². The third-order valence-electron chi connectivity index (χ3n) is 7.83. The Bertz CT molecular complexity index is 1200. The summed E-state index contributed by atoms with van der Waals surface area (Å²) in [6.45, 7) is 17.1. The summed E-state index contributed by atoms with van der Waals surface area (Å²) in [7, 11) is 0. The zero-order chi connectivity index (χ0) is 28.4. The normalized spacial score (nSPS) is 18.8. The Labute approximate surface area is 236 Å². The number of halogens is 1. The van der Waals surface area contributed by atoms with Crippen LogP contribution in [0.25, 0.3) is 0 Å². The molecule has 1 aromatic carbocycles. The van der Waals surface area contributed by atoms with E-state index in [1.807, 2.05) is 30.6 Å². The first-order valence-corrected chi connectivity index (χ1v) is 14.3. The quantitative estimate of drug-likeness (QED) is 0.564. The summed E-state index contributed by atoms with van der Waals surface area (Å²) in [5, 5.41) is 0. The molecule has 3 aliphatic heterocycles. The van der Waals surface area contributed by atoms with Crippen molar-refractivity contribution in [3.63, 3.8) is 0 Å². The number of amides is 1. The first kappa shape index (κ1) is 28.2. The topological polar surface area (TPSA) is 77.5 Å². The molecule has 3 saturated heterocycles. The van der Waals surface area contributed by atoms with Crippen LogP contribution >= 0.6 is 0 Å². The van der Waals surface area contributed by atoms with Gasteiger partial charge in [0.25, 0.3) is 0 Å². The molecule has 0 atom stereocenters. The highest BCUT2D eigenvalue weighted by Gasteiger charge is 2.31. The fourth-order valence-corrected chi connectivity index (χ4v) is 5.40. The molecule has 218 valence electrons. The molecule has 0 spiro atoms. The van der Waals surface area contributed by atoms with Gasteiger partial charge >= 0.3 is 6.09 Å². The van der Waals surface area contributed by atoms with Gasteiger partial charge in [0.05, 0.1) is 13.2 Å². The van der Waals surface area contributed by atoms with Gasteiger partial charge < -0.3 is 34.0 Å². The lowest BCUT2D eigenvalue weighted by Crippen LogP contribution is -2.51. The molecule has 4 heterocycles. The number of benzene rings is 1. The monoisotopic (exact) mass is 555 g/mol. The first-order valence-electron chi connectivity index (χ1n) is 14.3. The number of nitrogens with zero attached hydrogens (tertiary/aromatic N) is 7. The van der Waals surface area contributed by atoms with Gasteiger partial charge in [-0.05, 0) is 51.8 Å². The van der Waals surface area contributed by atoms with Crippen LogP contribution < -0.4 is 19.6 Å². The van der Waals surface area contributed by atoms with Crippen molar-refractivity contribution in [3.05, 3.63) is 35.1 Å². The van der Waals surface area contributed by atoms with Gasteiger partial charge in [0.15, 0.2) is 11.6 Å². The number of aryl methyl sites for hydroxylation is 1. The van der Waals surface area contributed by atoms with Gasteiger partial charge in [0.1, 0.15) is 5.60 Å². The zero-order valence-corrected chi connectivity index (χ0v) is 24.5. The molecule has 0 bridgehead atoms. The zero-order valence-electron chi connectivity index (χ0n) is 24.5. The number of rotatable bonds is 4. The van der Waals surface area contributed by atoms with E-state index in [2.05, 4.69) is 41.8 Å². The Morgan fingerprint density at radius 2 is 1.38 bits per heavy atom. The van der Waals surface area contributed by atoms with Crippen molar-refractivity contribution in [1.29, 1.82) is 0 Å². The molecule has 0 saturated carbocycles. The van der Waals surface area contributed by atoms with E-state index < -0.39 is 11.4 Å². The maximum absolute atomic E-state index is 16.1. The number of morpholine rings is 1. The molecule has 11 heteroatoms. The SMILES string of the molecule is Cc1cccc(N2CCN(c3nc(N4CCOCC4)c(F)c(N4CCN(C(=O)OC(C)(C)C)CC4)n3)CC2)c1C. The van der Waals surface area contributed by atoms with Crippen LogP contribution in [0.1, 0.15) is 31.9 Å². The lowest BCUT2D eigenvalue weighted by molar-refractivity contribution is 0.0240. The fraction of sp³-hybridized carbons (Fsp3) is 0.621. The van der Waals surface area contributed by atoms with E-state index in [0.717, 1.165) is 26.2 Å². The van der Waals surface area contributed by atoms with Crippen LogP contribution in [0.5, 0.6) is 0 Å². The van der Waals surface area contributed by atoms with Crippen LogP contribution in [0.4, 0.5) is 32.5 Å². The summed E-state index contributed by atoms with van der Waals surface area (Å²) in [4.78, 5) is 32.3. The number of carbonyl (C=O) groups is 1. The smallest absolute Gasteiger partial charge is 0.410 e. The first-order chi connectivity index (χ1) is 19.1. The van der Waals surface area contributed by atoms with Crippen LogP contribution in [0, 0.1) is 19.7 Å². The Balaban J connectivity index is 1.35. The lowest BCUT2D eigenvalue weighted by Gasteiger charge is -2.39. The van der Waals surface area contributed by atoms with Gasteiger partial charge in [0.2, 0.25) is 11.8 Å².